The number of nitrogens with one attached hydrogen (secondary N) is 2. The number of aromatic amines is 2. The minimum absolute atomic E-state index is 0.125. The molecular formula is C16H19F2N7O4. The predicted molar refractivity (Wildman–Crippen MR) is 94.4 cm³/mol. The lowest BCUT2D eigenvalue weighted by Crippen LogP contribution is -2.44. The van der Waals surface area contributed by atoms with Gasteiger partial charge in [0, 0.05) is 27.1 Å². The normalized spacial score (nSPS) is 16.8. The van der Waals surface area contributed by atoms with Gasteiger partial charge in [0.2, 0.25) is 5.91 Å². The van der Waals surface area contributed by atoms with Crippen molar-refractivity contribution in [2.75, 3.05) is 20.1 Å². The van der Waals surface area contributed by atoms with Crippen LogP contribution in [0.2, 0.25) is 0 Å². The predicted octanol–water partition coefficient (Wildman–Crippen LogP) is -0.860. The van der Waals surface area contributed by atoms with Crippen molar-refractivity contribution < 1.29 is 18.4 Å². The number of hydrogen-bond acceptors (Lipinski definition) is 6. The van der Waals surface area contributed by atoms with Gasteiger partial charge >= 0.3 is 5.69 Å². The van der Waals surface area contributed by atoms with Crippen LogP contribution < -0.4 is 11.2 Å². The molecule has 2 N–H and O–H groups in total. The Morgan fingerprint density at radius 1 is 1.38 bits per heavy atom. The number of hydrogen-bond donors (Lipinski definition) is 2. The number of halogens is 2. The summed E-state index contributed by atoms with van der Waals surface area (Å²) in [7, 11) is 1.53. The molecule has 1 aliphatic rings. The molecule has 2 aromatic rings. The zero-order chi connectivity index (χ0) is 21.3. The van der Waals surface area contributed by atoms with Crippen molar-refractivity contribution in [3.63, 3.8) is 0 Å². The third-order valence-corrected chi connectivity index (χ3v) is 4.73. The van der Waals surface area contributed by atoms with Crippen molar-refractivity contribution in [2.45, 2.75) is 31.9 Å². The van der Waals surface area contributed by atoms with E-state index in [1.807, 2.05) is 4.98 Å². The first kappa shape index (κ1) is 20.4. The number of likely N-dealkylation sites (tertiary alicyclic amines) is 1. The Morgan fingerprint density at radius 3 is 2.72 bits per heavy atom. The van der Waals surface area contributed by atoms with E-state index in [0.717, 1.165) is 16.9 Å². The number of aromatic nitrogens is 5. The lowest BCUT2D eigenvalue weighted by molar-refractivity contribution is -0.132. The van der Waals surface area contributed by atoms with Gasteiger partial charge in [-0.05, 0) is 12.5 Å². The van der Waals surface area contributed by atoms with Crippen molar-refractivity contribution >= 4 is 11.8 Å². The van der Waals surface area contributed by atoms with Crippen LogP contribution in [0, 0.1) is 0 Å². The summed E-state index contributed by atoms with van der Waals surface area (Å²) in [6.45, 7) is 0.844. The molecule has 13 heteroatoms. The first-order chi connectivity index (χ1) is 13.6. The van der Waals surface area contributed by atoms with Crippen LogP contribution in [0.4, 0.5) is 8.78 Å². The van der Waals surface area contributed by atoms with Gasteiger partial charge in [0.1, 0.15) is 18.4 Å². The minimum atomic E-state index is -3.14. The molecule has 11 nitrogen and oxygen atoms in total. The van der Waals surface area contributed by atoms with Crippen molar-refractivity contribution in [3.05, 3.63) is 44.5 Å². The average Bonchev–Trinajstić information content (AvgIpc) is 3.32. The lowest BCUT2D eigenvalue weighted by atomic mass is 10.2. The number of carbonyl (C=O) groups is 2. The summed E-state index contributed by atoms with van der Waals surface area (Å²) in [4.78, 5) is 52.4. The van der Waals surface area contributed by atoms with Crippen LogP contribution in [0.3, 0.4) is 0 Å². The quantitative estimate of drug-likeness (QED) is 0.657. The molecule has 3 heterocycles. The van der Waals surface area contributed by atoms with Crippen molar-refractivity contribution in [3.8, 4) is 0 Å². The Balaban J connectivity index is 1.62. The molecule has 1 unspecified atom stereocenters. The molecule has 1 saturated heterocycles. The topological polar surface area (TPSA) is 137 Å². The van der Waals surface area contributed by atoms with E-state index < -0.39 is 34.7 Å². The Bertz CT molecular complexity index is 1040. The lowest BCUT2D eigenvalue weighted by Gasteiger charge is -2.24. The van der Waals surface area contributed by atoms with Crippen LogP contribution in [0.1, 0.15) is 29.5 Å². The molecule has 0 spiro atoms. The number of likely N-dealkylation sites (N-methyl/N-ethyl adjacent to an activating group) is 1. The molecule has 0 bridgehead atoms. The first-order valence-electron chi connectivity index (χ1n) is 8.71. The standard InChI is InChI=1S/C16H19F2N7O4/c1-16(17,18)11-5-10(21-22-11)14(28)24-4-3-9(7-24)23(2)13(27)8-25-15(29)20-12(26)6-19-25/h5-6,9H,3-4,7-8H2,1-2H3,(H,21,22)(H,20,26,29). The highest BCUT2D eigenvalue weighted by atomic mass is 19.3. The van der Waals surface area contributed by atoms with Crippen molar-refractivity contribution in [2.24, 2.45) is 0 Å². The minimum Gasteiger partial charge on any atom is -0.339 e. The van der Waals surface area contributed by atoms with E-state index >= 15 is 0 Å². The summed E-state index contributed by atoms with van der Waals surface area (Å²) in [5, 5.41) is 9.42. The van der Waals surface area contributed by atoms with E-state index in [2.05, 4.69) is 15.3 Å². The smallest absolute Gasteiger partial charge is 0.339 e. The van der Waals surface area contributed by atoms with Gasteiger partial charge in [0.15, 0.2) is 5.69 Å². The summed E-state index contributed by atoms with van der Waals surface area (Å²) in [6.07, 6.45) is 1.37. The fraction of sp³-hybridized carbons (Fsp3) is 0.500. The maximum Gasteiger partial charge on any atom is 0.345 e. The second kappa shape index (κ2) is 7.56. The Hall–Kier alpha value is -3.38. The zero-order valence-corrected chi connectivity index (χ0v) is 15.7. The summed E-state index contributed by atoms with van der Waals surface area (Å²) in [5.74, 6) is -4.09. The van der Waals surface area contributed by atoms with Gasteiger partial charge in [-0.15, -0.1) is 0 Å². The van der Waals surface area contributed by atoms with E-state index in [-0.39, 0.29) is 24.8 Å². The molecule has 1 atom stereocenters. The van der Waals surface area contributed by atoms with Gasteiger partial charge in [-0.1, -0.05) is 0 Å². The summed E-state index contributed by atoms with van der Waals surface area (Å²) in [5.41, 5.74) is -2.05. The highest BCUT2D eigenvalue weighted by Crippen LogP contribution is 2.26. The molecule has 0 radical (unpaired) electrons. The highest BCUT2D eigenvalue weighted by molar-refractivity contribution is 5.92. The largest absolute Gasteiger partial charge is 0.345 e. The molecule has 29 heavy (non-hydrogen) atoms. The van der Waals surface area contributed by atoms with E-state index in [4.69, 9.17) is 0 Å². The van der Waals surface area contributed by atoms with Gasteiger partial charge in [-0.25, -0.2) is 9.48 Å². The van der Waals surface area contributed by atoms with Crippen LogP contribution in [0.5, 0.6) is 0 Å². The van der Waals surface area contributed by atoms with Gasteiger partial charge < -0.3 is 9.80 Å². The number of amides is 2. The van der Waals surface area contributed by atoms with E-state index in [9.17, 15) is 28.0 Å². The molecule has 2 aromatic heterocycles. The molecule has 0 saturated carbocycles. The van der Waals surface area contributed by atoms with Crippen molar-refractivity contribution in [1.82, 2.24) is 34.8 Å². The molecule has 0 aliphatic carbocycles. The Morgan fingerprint density at radius 2 is 2.10 bits per heavy atom. The number of nitrogens with zero attached hydrogens (tertiary/aromatic N) is 5. The van der Waals surface area contributed by atoms with Gasteiger partial charge in [0.25, 0.3) is 17.4 Å². The number of carbonyl (C=O) groups excluding carboxylic acids is 2. The van der Waals surface area contributed by atoms with Crippen LogP contribution in [-0.2, 0) is 17.3 Å². The Labute approximate surface area is 162 Å². The Kier molecular flexibility index (Phi) is 5.31. The number of rotatable bonds is 5. The molecule has 156 valence electrons. The van der Waals surface area contributed by atoms with Gasteiger partial charge in [-0.3, -0.25) is 24.5 Å². The van der Waals surface area contributed by atoms with Crippen LogP contribution in [0.25, 0.3) is 0 Å². The summed E-state index contributed by atoms with van der Waals surface area (Å²) >= 11 is 0. The summed E-state index contributed by atoms with van der Waals surface area (Å²) in [6, 6.07) is 0.689. The van der Waals surface area contributed by atoms with E-state index in [1.165, 1.54) is 16.8 Å². The monoisotopic (exact) mass is 411 g/mol. The summed E-state index contributed by atoms with van der Waals surface area (Å²) < 4.78 is 27.4. The second-order valence-corrected chi connectivity index (χ2v) is 6.85. The molecule has 0 aromatic carbocycles. The fourth-order valence-corrected chi connectivity index (χ4v) is 2.99. The molecular weight excluding hydrogens is 392 g/mol. The van der Waals surface area contributed by atoms with Crippen LogP contribution >= 0.6 is 0 Å². The first-order valence-corrected chi connectivity index (χ1v) is 8.71. The second-order valence-electron chi connectivity index (χ2n) is 6.85. The average molecular weight is 411 g/mol. The van der Waals surface area contributed by atoms with E-state index in [1.54, 1.807) is 0 Å². The van der Waals surface area contributed by atoms with Gasteiger partial charge in [0.05, 0.1) is 6.04 Å². The zero-order valence-electron chi connectivity index (χ0n) is 15.7. The number of H-pyrrole nitrogens is 2. The maximum absolute atomic E-state index is 13.3. The fourth-order valence-electron chi connectivity index (χ4n) is 2.99. The van der Waals surface area contributed by atoms with Gasteiger partial charge in [-0.2, -0.15) is 19.0 Å². The SMILES string of the molecule is CN(C(=O)Cn1ncc(=O)[nH]c1=O)C1CCN(C(=O)c2cc(C(C)(F)F)[nH]n2)C1. The third kappa shape index (κ3) is 4.38. The number of alkyl halides is 2. The van der Waals surface area contributed by atoms with Crippen LogP contribution in [-0.4, -0.2) is 72.8 Å². The maximum atomic E-state index is 13.3. The molecule has 2 amide bonds. The van der Waals surface area contributed by atoms with Crippen LogP contribution in [0.15, 0.2) is 21.9 Å². The van der Waals surface area contributed by atoms with Crippen molar-refractivity contribution in [1.29, 1.82) is 0 Å². The highest BCUT2D eigenvalue weighted by Gasteiger charge is 2.34. The molecule has 3 rings (SSSR count). The van der Waals surface area contributed by atoms with E-state index in [0.29, 0.717) is 19.9 Å². The third-order valence-electron chi connectivity index (χ3n) is 4.73. The molecule has 1 aliphatic heterocycles. The molecule has 1 fully saturated rings.